The molecule has 1 aromatic rings. The standard InChI is InChI=1S/C14H21F2NO2S/c15-14(16)20-9-12-6-5-11(19-12)7-17-8-13(18)10-3-1-2-4-10/h5-6,10,13-14,17-18H,1-4,7-9H2. The third-order valence-corrected chi connectivity index (χ3v) is 4.37. The van der Waals surface area contributed by atoms with E-state index in [9.17, 15) is 13.9 Å². The topological polar surface area (TPSA) is 45.4 Å². The molecule has 1 aliphatic carbocycles. The first kappa shape index (κ1) is 15.8. The average molecular weight is 305 g/mol. The zero-order chi connectivity index (χ0) is 14.4. The molecule has 1 unspecified atom stereocenters. The Kier molecular flexibility index (Phi) is 6.32. The summed E-state index contributed by atoms with van der Waals surface area (Å²) in [5.41, 5.74) is 0. The zero-order valence-electron chi connectivity index (χ0n) is 11.4. The monoisotopic (exact) mass is 305 g/mol. The van der Waals surface area contributed by atoms with E-state index >= 15 is 0 Å². The van der Waals surface area contributed by atoms with Gasteiger partial charge in [-0.25, -0.2) is 0 Å². The molecular weight excluding hydrogens is 284 g/mol. The second-order valence-electron chi connectivity index (χ2n) is 5.18. The van der Waals surface area contributed by atoms with Crippen LogP contribution in [-0.2, 0) is 12.3 Å². The maximum absolute atomic E-state index is 12.0. The number of thioether (sulfide) groups is 1. The minimum atomic E-state index is -2.37. The highest BCUT2D eigenvalue weighted by Crippen LogP contribution is 2.27. The van der Waals surface area contributed by atoms with Gasteiger partial charge in [0.1, 0.15) is 11.5 Å². The lowest BCUT2D eigenvalue weighted by Crippen LogP contribution is -2.31. The summed E-state index contributed by atoms with van der Waals surface area (Å²) in [6.07, 6.45) is 4.34. The van der Waals surface area contributed by atoms with Crippen LogP contribution in [0.2, 0.25) is 0 Å². The van der Waals surface area contributed by atoms with E-state index in [0.717, 1.165) is 12.8 Å². The number of hydrogen-bond acceptors (Lipinski definition) is 4. The fourth-order valence-corrected chi connectivity index (χ4v) is 3.04. The highest BCUT2D eigenvalue weighted by Gasteiger charge is 2.22. The van der Waals surface area contributed by atoms with Gasteiger partial charge in [-0.3, -0.25) is 0 Å². The van der Waals surface area contributed by atoms with Crippen molar-refractivity contribution in [3.05, 3.63) is 23.7 Å². The van der Waals surface area contributed by atoms with Crippen LogP contribution in [0.5, 0.6) is 0 Å². The molecule has 1 saturated carbocycles. The fourth-order valence-electron chi connectivity index (χ4n) is 2.59. The highest BCUT2D eigenvalue weighted by atomic mass is 32.2. The number of alkyl halides is 2. The molecule has 114 valence electrons. The minimum Gasteiger partial charge on any atom is -0.464 e. The number of furan rings is 1. The molecule has 6 heteroatoms. The highest BCUT2D eigenvalue weighted by molar-refractivity contribution is 7.98. The predicted octanol–water partition coefficient (Wildman–Crippen LogP) is 3.38. The van der Waals surface area contributed by atoms with Gasteiger partial charge in [0.25, 0.3) is 5.76 Å². The van der Waals surface area contributed by atoms with Crippen molar-refractivity contribution in [1.82, 2.24) is 5.32 Å². The number of aliphatic hydroxyl groups excluding tert-OH is 1. The molecule has 0 radical (unpaired) electrons. The van der Waals surface area contributed by atoms with Crippen LogP contribution in [0.1, 0.15) is 37.2 Å². The first-order valence-electron chi connectivity index (χ1n) is 7.01. The van der Waals surface area contributed by atoms with Crippen LogP contribution in [0.4, 0.5) is 8.78 Å². The summed E-state index contributed by atoms with van der Waals surface area (Å²) in [6.45, 7) is 1.07. The molecule has 0 amide bonds. The SMILES string of the molecule is OC(CNCc1ccc(CSC(F)F)o1)C1CCCC1. The number of hydrogen-bond donors (Lipinski definition) is 2. The third kappa shape index (κ3) is 5.07. The Balaban J connectivity index is 1.66. The van der Waals surface area contributed by atoms with E-state index in [-0.39, 0.29) is 11.9 Å². The Labute approximate surface area is 122 Å². The van der Waals surface area contributed by atoms with Crippen molar-refractivity contribution in [2.45, 2.75) is 49.8 Å². The lowest BCUT2D eigenvalue weighted by molar-refractivity contribution is 0.108. The number of halogens is 2. The van der Waals surface area contributed by atoms with E-state index < -0.39 is 5.76 Å². The predicted molar refractivity (Wildman–Crippen MR) is 75.7 cm³/mol. The van der Waals surface area contributed by atoms with Crippen molar-refractivity contribution in [2.75, 3.05) is 6.54 Å². The summed E-state index contributed by atoms with van der Waals surface area (Å²) in [4.78, 5) is 0. The van der Waals surface area contributed by atoms with Gasteiger partial charge in [0.2, 0.25) is 0 Å². The molecule has 0 spiro atoms. The molecule has 0 saturated heterocycles. The second-order valence-corrected chi connectivity index (χ2v) is 6.16. The van der Waals surface area contributed by atoms with Gasteiger partial charge in [-0.1, -0.05) is 24.6 Å². The van der Waals surface area contributed by atoms with Crippen LogP contribution in [0.3, 0.4) is 0 Å². The lowest BCUT2D eigenvalue weighted by Gasteiger charge is -2.17. The van der Waals surface area contributed by atoms with Crippen LogP contribution < -0.4 is 5.32 Å². The van der Waals surface area contributed by atoms with Gasteiger partial charge >= 0.3 is 0 Å². The molecule has 0 aliphatic heterocycles. The van der Waals surface area contributed by atoms with Crippen molar-refractivity contribution in [1.29, 1.82) is 0 Å². The van der Waals surface area contributed by atoms with Crippen molar-refractivity contribution in [3.63, 3.8) is 0 Å². The first-order chi connectivity index (χ1) is 9.65. The van der Waals surface area contributed by atoms with Gasteiger partial charge in [-0.15, -0.1) is 0 Å². The minimum absolute atomic E-state index is 0.183. The Morgan fingerprint density at radius 2 is 2.00 bits per heavy atom. The Morgan fingerprint density at radius 1 is 1.30 bits per heavy atom. The quantitative estimate of drug-likeness (QED) is 0.773. The summed E-state index contributed by atoms with van der Waals surface area (Å²) in [6, 6.07) is 3.51. The summed E-state index contributed by atoms with van der Waals surface area (Å²) in [5.74, 6) is -0.500. The molecular formula is C14H21F2NO2S. The van der Waals surface area contributed by atoms with Crippen LogP contribution in [0.25, 0.3) is 0 Å². The number of aliphatic hydroxyl groups is 1. The van der Waals surface area contributed by atoms with Gasteiger partial charge in [0.15, 0.2) is 0 Å². The zero-order valence-corrected chi connectivity index (χ0v) is 12.2. The van der Waals surface area contributed by atoms with Gasteiger partial charge in [-0.2, -0.15) is 8.78 Å². The molecule has 20 heavy (non-hydrogen) atoms. The molecule has 1 aromatic heterocycles. The first-order valence-corrected chi connectivity index (χ1v) is 8.06. The van der Waals surface area contributed by atoms with E-state index in [1.807, 2.05) is 0 Å². The van der Waals surface area contributed by atoms with E-state index in [1.165, 1.54) is 12.8 Å². The van der Waals surface area contributed by atoms with E-state index in [0.29, 0.717) is 42.3 Å². The largest absolute Gasteiger partial charge is 0.464 e. The Hall–Kier alpha value is -0.590. The van der Waals surface area contributed by atoms with Crippen LogP contribution in [-0.4, -0.2) is 23.5 Å². The summed E-state index contributed by atoms with van der Waals surface area (Å²) in [7, 11) is 0. The van der Waals surface area contributed by atoms with Gasteiger partial charge in [0, 0.05) is 6.54 Å². The molecule has 3 nitrogen and oxygen atoms in total. The van der Waals surface area contributed by atoms with Crippen molar-refractivity contribution < 1.29 is 18.3 Å². The molecule has 1 atom stereocenters. The van der Waals surface area contributed by atoms with Crippen LogP contribution in [0, 0.1) is 5.92 Å². The van der Waals surface area contributed by atoms with E-state index in [2.05, 4.69) is 5.32 Å². The molecule has 1 fully saturated rings. The third-order valence-electron chi connectivity index (χ3n) is 3.67. The van der Waals surface area contributed by atoms with E-state index in [4.69, 9.17) is 4.42 Å². The lowest BCUT2D eigenvalue weighted by atomic mass is 10.0. The van der Waals surface area contributed by atoms with Crippen molar-refractivity contribution >= 4 is 11.8 Å². The van der Waals surface area contributed by atoms with E-state index in [1.54, 1.807) is 12.1 Å². The molecule has 1 aliphatic rings. The molecule has 2 N–H and O–H groups in total. The second kappa shape index (κ2) is 8.00. The summed E-state index contributed by atoms with van der Waals surface area (Å²) < 4.78 is 29.5. The maximum atomic E-state index is 12.0. The molecule has 0 aromatic carbocycles. The van der Waals surface area contributed by atoms with Crippen molar-refractivity contribution in [3.8, 4) is 0 Å². The molecule has 0 bridgehead atoms. The Morgan fingerprint density at radius 3 is 2.70 bits per heavy atom. The molecule has 1 heterocycles. The van der Waals surface area contributed by atoms with Gasteiger partial charge in [-0.05, 0) is 30.9 Å². The average Bonchev–Trinajstić information content (AvgIpc) is 3.08. The van der Waals surface area contributed by atoms with Crippen LogP contribution in [0.15, 0.2) is 16.5 Å². The number of rotatable bonds is 8. The normalized spacial score (nSPS) is 18.0. The smallest absolute Gasteiger partial charge is 0.284 e. The summed E-state index contributed by atoms with van der Waals surface area (Å²) in [5, 5.41) is 13.2. The van der Waals surface area contributed by atoms with Crippen LogP contribution >= 0.6 is 11.8 Å². The fraction of sp³-hybridized carbons (Fsp3) is 0.714. The maximum Gasteiger partial charge on any atom is 0.284 e. The number of nitrogens with one attached hydrogen (secondary N) is 1. The molecule has 2 rings (SSSR count). The van der Waals surface area contributed by atoms with Gasteiger partial charge in [0.05, 0.1) is 18.4 Å². The van der Waals surface area contributed by atoms with Crippen molar-refractivity contribution in [2.24, 2.45) is 5.92 Å². The Bertz CT molecular complexity index is 394. The summed E-state index contributed by atoms with van der Waals surface area (Å²) >= 11 is 0.556. The van der Waals surface area contributed by atoms with Gasteiger partial charge < -0.3 is 14.8 Å².